The summed E-state index contributed by atoms with van der Waals surface area (Å²) in [6.45, 7) is 6.76. The van der Waals surface area contributed by atoms with E-state index in [-0.39, 0.29) is 5.91 Å². The SMILES string of the molecule is CN(C)Cc1cc(C(=O)N2CCNCC2)cc(C(C)(C)F)c1. The van der Waals surface area contributed by atoms with Crippen molar-refractivity contribution in [1.29, 1.82) is 0 Å². The first-order valence-electron chi connectivity index (χ1n) is 7.75. The van der Waals surface area contributed by atoms with Gasteiger partial charge in [0.1, 0.15) is 5.67 Å². The number of alkyl halides is 1. The molecule has 4 nitrogen and oxygen atoms in total. The number of halogens is 1. The predicted octanol–water partition coefficient (Wildman–Crippen LogP) is 2.00. The lowest BCUT2D eigenvalue weighted by Gasteiger charge is -2.28. The van der Waals surface area contributed by atoms with Crippen LogP contribution in [0.5, 0.6) is 0 Å². The molecule has 0 atom stereocenters. The number of piperazine rings is 1. The van der Waals surface area contributed by atoms with Crippen LogP contribution in [-0.2, 0) is 12.2 Å². The number of nitrogens with zero attached hydrogens (tertiary/aromatic N) is 2. The summed E-state index contributed by atoms with van der Waals surface area (Å²) >= 11 is 0. The van der Waals surface area contributed by atoms with Crippen LogP contribution in [0.2, 0.25) is 0 Å². The zero-order valence-electron chi connectivity index (χ0n) is 13.9. The van der Waals surface area contributed by atoms with Gasteiger partial charge in [-0.2, -0.15) is 0 Å². The molecule has 1 N–H and O–H groups in total. The molecule has 0 saturated carbocycles. The van der Waals surface area contributed by atoms with Crippen molar-refractivity contribution in [1.82, 2.24) is 15.1 Å². The number of hydrogen-bond donors (Lipinski definition) is 1. The Morgan fingerprint density at radius 1 is 1.27 bits per heavy atom. The molecule has 0 unspecified atom stereocenters. The molecule has 0 radical (unpaired) electrons. The Morgan fingerprint density at radius 3 is 2.45 bits per heavy atom. The minimum atomic E-state index is -1.46. The molecule has 0 aliphatic carbocycles. The number of nitrogens with one attached hydrogen (secondary N) is 1. The Labute approximate surface area is 132 Å². The number of amides is 1. The van der Waals surface area contributed by atoms with Gasteiger partial charge >= 0.3 is 0 Å². The average molecular weight is 307 g/mol. The first kappa shape index (κ1) is 16.9. The van der Waals surface area contributed by atoms with Crippen LogP contribution in [0, 0.1) is 0 Å². The molecule has 2 rings (SSSR count). The van der Waals surface area contributed by atoms with Crippen LogP contribution >= 0.6 is 0 Å². The highest BCUT2D eigenvalue weighted by atomic mass is 19.1. The summed E-state index contributed by atoms with van der Waals surface area (Å²) in [5.41, 5.74) is 0.653. The van der Waals surface area contributed by atoms with Crippen molar-refractivity contribution < 1.29 is 9.18 Å². The highest BCUT2D eigenvalue weighted by Gasteiger charge is 2.24. The molecule has 1 heterocycles. The normalized spacial score (nSPS) is 16.2. The number of carbonyl (C=O) groups excluding carboxylic acids is 1. The molecule has 0 bridgehead atoms. The summed E-state index contributed by atoms with van der Waals surface area (Å²) in [5.74, 6) is -0.00685. The van der Waals surface area contributed by atoms with E-state index >= 15 is 0 Å². The molecule has 5 heteroatoms. The van der Waals surface area contributed by atoms with E-state index in [1.807, 2.05) is 36.0 Å². The molecular formula is C17H26FN3O. The zero-order chi connectivity index (χ0) is 16.3. The van der Waals surface area contributed by atoms with Gasteiger partial charge in [0.25, 0.3) is 5.91 Å². The fraction of sp³-hybridized carbons (Fsp3) is 0.588. The second-order valence-corrected chi connectivity index (χ2v) is 6.67. The Bertz CT molecular complexity index is 531. The maximum Gasteiger partial charge on any atom is 0.253 e. The summed E-state index contributed by atoms with van der Waals surface area (Å²) < 4.78 is 14.4. The molecule has 0 aromatic heterocycles. The number of benzene rings is 1. The maximum absolute atomic E-state index is 14.4. The summed E-state index contributed by atoms with van der Waals surface area (Å²) in [7, 11) is 3.93. The van der Waals surface area contributed by atoms with E-state index in [0.29, 0.717) is 30.8 Å². The Morgan fingerprint density at radius 2 is 1.91 bits per heavy atom. The van der Waals surface area contributed by atoms with Crippen LogP contribution < -0.4 is 5.32 Å². The highest BCUT2D eigenvalue weighted by molar-refractivity contribution is 5.94. The maximum atomic E-state index is 14.4. The molecule has 22 heavy (non-hydrogen) atoms. The summed E-state index contributed by atoms with van der Waals surface area (Å²) in [5, 5.41) is 3.23. The average Bonchev–Trinajstić information content (AvgIpc) is 2.45. The quantitative estimate of drug-likeness (QED) is 0.924. The number of rotatable bonds is 4. The van der Waals surface area contributed by atoms with Crippen LogP contribution in [0.3, 0.4) is 0 Å². The zero-order valence-corrected chi connectivity index (χ0v) is 13.9. The summed E-state index contributed by atoms with van der Waals surface area (Å²) in [6.07, 6.45) is 0. The van der Waals surface area contributed by atoms with E-state index in [9.17, 15) is 9.18 Å². The highest BCUT2D eigenvalue weighted by Crippen LogP contribution is 2.27. The summed E-state index contributed by atoms with van der Waals surface area (Å²) in [4.78, 5) is 16.5. The Hall–Kier alpha value is -1.46. The van der Waals surface area contributed by atoms with Crippen LogP contribution in [-0.4, -0.2) is 56.0 Å². The third-order valence-electron chi connectivity index (χ3n) is 3.83. The van der Waals surface area contributed by atoms with Gasteiger partial charge in [-0.25, -0.2) is 4.39 Å². The van der Waals surface area contributed by atoms with Crippen molar-refractivity contribution in [3.8, 4) is 0 Å². The van der Waals surface area contributed by atoms with Crippen molar-refractivity contribution in [2.45, 2.75) is 26.1 Å². The van der Waals surface area contributed by atoms with E-state index in [0.717, 1.165) is 18.7 Å². The Balaban J connectivity index is 2.34. The lowest BCUT2D eigenvalue weighted by molar-refractivity contribution is 0.0735. The fourth-order valence-corrected chi connectivity index (χ4v) is 2.67. The van der Waals surface area contributed by atoms with Crippen molar-refractivity contribution >= 4 is 5.91 Å². The van der Waals surface area contributed by atoms with Crippen LogP contribution in [0.25, 0.3) is 0 Å². The van der Waals surface area contributed by atoms with Crippen LogP contribution in [0.4, 0.5) is 4.39 Å². The van der Waals surface area contributed by atoms with Gasteiger partial charge < -0.3 is 15.1 Å². The van der Waals surface area contributed by atoms with Gasteiger partial charge in [-0.15, -0.1) is 0 Å². The van der Waals surface area contributed by atoms with Crippen molar-refractivity contribution in [2.24, 2.45) is 0 Å². The lowest BCUT2D eigenvalue weighted by Crippen LogP contribution is -2.46. The minimum Gasteiger partial charge on any atom is -0.336 e. The predicted molar refractivity (Wildman–Crippen MR) is 86.7 cm³/mol. The molecule has 1 saturated heterocycles. The molecule has 1 aliphatic heterocycles. The second kappa shape index (κ2) is 6.75. The van der Waals surface area contributed by atoms with Gasteiger partial charge in [-0.05, 0) is 51.2 Å². The second-order valence-electron chi connectivity index (χ2n) is 6.67. The molecule has 1 fully saturated rings. The van der Waals surface area contributed by atoms with Crippen molar-refractivity contribution in [2.75, 3.05) is 40.3 Å². The molecule has 1 amide bonds. The Kier molecular flexibility index (Phi) is 5.19. The van der Waals surface area contributed by atoms with E-state index in [1.165, 1.54) is 13.8 Å². The number of hydrogen-bond acceptors (Lipinski definition) is 3. The summed E-state index contributed by atoms with van der Waals surface area (Å²) in [6, 6.07) is 5.44. The van der Waals surface area contributed by atoms with Crippen molar-refractivity contribution in [3.63, 3.8) is 0 Å². The smallest absolute Gasteiger partial charge is 0.253 e. The lowest BCUT2D eigenvalue weighted by atomic mass is 9.94. The van der Waals surface area contributed by atoms with Gasteiger partial charge in [-0.3, -0.25) is 4.79 Å². The van der Waals surface area contributed by atoms with Gasteiger partial charge in [0, 0.05) is 38.3 Å². The van der Waals surface area contributed by atoms with Gasteiger partial charge in [0.15, 0.2) is 0 Å². The first-order valence-corrected chi connectivity index (χ1v) is 7.75. The molecule has 0 spiro atoms. The van der Waals surface area contributed by atoms with Crippen LogP contribution in [0.1, 0.15) is 35.3 Å². The molecule has 1 aromatic carbocycles. The largest absolute Gasteiger partial charge is 0.336 e. The third kappa shape index (κ3) is 4.27. The van der Waals surface area contributed by atoms with E-state index in [2.05, 4.69) is 5.32 Å². The molecule has 1 aliphatic rings. The van der Waals surface area contributed by atoms with E-state index < -0.39 is 5.67 Å². The van der Waals surface area contributed by atoms with E-state index in [4.69, 9.17) is 0 Å². The third-order valence-corrected chi connectivity index (χ3v) is 3.83. The van der Waals surface area contributed by atoms with Crippen LogP contribution in [0.15, 0.2) is 18.2 Å². The minimum absolute atomic E-state index is 0.00685. The molecular weight excluding hydrogens is 281 g/mol. The van der Waals surface area contributed by atoms with Gasteiger partial charge in [0.05, 0.1) is 0 Å². The molecule has 122 valence electrons. The number of carbonyl (C=O) groups is 1. The monoisotopic (exact) mass is 307 g/mol. The molecule has 1 aromatic rings. The van der Waals surface area contributed by atoms with E-state index in [1.54, 1.807) is 6.07 Å². The standard InChI is InChI=1S/C17H26FN3O/c1-17(2,18)15-10-13(12-20(3)4)9-14(11-15)16(22)21-7-5-19-6-8-21/h9-11,19H,5-8,12H2,1-4H3. The fourth-order valence-electron chi connectivity index (χ4n) is 2.67. The first-order chi connectivity index (χ1) is 10.3. The van der Waals surface area contributed by atoms with Gasteiger partial charge in [-0.1, -0.05) is 6.07 Å². The topological polar surface area (TPSA) is 35.6 Å². The van der Waals surface area contributed by atoms with Gasteiger partial charge in [0.2, 0.25) is 0 Å². The van der Waals surface area contributed by atoms with Crippen molar-refractivity contribution in [3.05, 3.63) is 34.9 Å².